The molecule has 2 heteroatoms. The molecule has 3 aromatic heterocycles. The predicted octanol–water partition coefficient (Wildman–Crippen LogP) is 11.6. The van der Waals surface area contributed by atoms with Gasteiger partial charge in [-0.15, -0.1) is 0 Å². The van der Waals surface area contributed by atoms with E-state index in [0.29, 0.717) is 23.7 Å². The van der Waals surface area contributed by atoms with Gasteiger partial charge < -0.3 is 4.40 Å². The van der Waals surface area contributed by atoms with Crippen LogP contribution in [0.4, 0.5) is 0 Å². The van der Waals surface area contributed by atoms with Gasteiger partial charge in [-0.3, -0.25) is 0 Å². The molecule has 7 aromatic rings. The Morgan fingerprint density at radius 1 is 0.614 bits per heavy atom. The Morgan fingerprint density at radius 3 is 1.89 bits per heavy atom. The van der Waals surface area contributed by atoms with Crippen molar-refractivity contribution >= 4 is 49.0 Å². The first-order valence-corrected chi connectivity index (χ1v) is 16.6. The van der Waals surface area contributed by atoms with Crippen molar-refractivity contribution in [3.8, 4) is 11.1 Å². The number of aryl methyl sites for hydroxylation is 3. The molecule has 0 saturated heterocycles. The molecule has 0 aliphatic rings. The second-order valence-corrected chi connectivity index (χ2v) is 14.6. The van der Waals surface area contributed by atoms with E-state index in [1.165, 1.54) is 93.5 Å². The van der Waals surface area contributed by atoms with Gasteiger partial charge >= 0.3 is 0 Å². The lowest BCUT2D eigenvalue weighted by Crippen LogP contribution is -2.29. The third kappa shape index (κ3) is 4.03. The standard InChI is InChI=1S/C42H47N2/c1-22(2)28-12-13-36-34(18-28)35-16-26(9)27(10)38-41(35)44(36)37-21-31(17-29-14-15-43(11)42(38)40(29)37)39-32(24(5)6)19-30(23(3)4)20-33(39)25(7)8/h12-25H,1-11H3/q+1. The molecular weight excluding hydrogens is 532 g/mol. The number of hydrogen-bond acceptors (Lipinski definition) is 0. The largest absolute Gasteiger partial charge is 0.307 e. The van der Waals surface area contributed by atoms with Crippen molar-refractivity contribution in [3.05, 3.63) is 94.2 Å². The molecule has 0 N–H and O–H groups in total. The lowest BCUT2D eigenvalue weighted by Gasteiger charge is -2.24. The summed E-state index contributed by atoms with van der Waals surface area (Å²) in [6, 6.07) is 21.9. The van der Waals surface area contributed by atoms with Crippen LogP contribution in [0.1, 0.15) is 112 Å². The Balaban J connectivity index is 1.74. The number of aromatic nitrogens is 2. The molecule has 0 amide bonds. The molecule has 3 heterocycles. The summed E-state index contributed by atoms with van der Waals surface area (Å²) in [6.45, 7) is 23.2. The molecule has 0 spiro atoms. The number of hydrogen-bond donors (Lipinski definition) is 0. The Morgan fingerprint density at radius 2 is 1.27 bits per heavy atom. The number of nitrogens with zero attached hydrogens (tertiary/aromatic N) is 2. The zero-order valence-corrected chi connectivity index (χ0v) is 28.5. The summed E-state index contributed by atoms with van der Waals surface area (Å²) < 4.78 is 4.95. The van der Waals surface area contributed by atoms with Gasteiger partial charge in [-0.25, -0.2) is 4.57 Å². The van der Waals surface area contributed by atoms with Gasteiger partial charge in [0, 0.05) is 16.8 Å². The Bertz CT molecular complexity index is 2230. The lowest BCUT2D eigenvalue weighted by molar-refractivity contribution is -0.643. The molecule has 224 valence electrons. The minimum atomic E-state index is 0.428. The van der Waals surface area contributed by atoms with Gasteiger partial charge in [0.1, 0.15) is 7.05 Å². The molecule has 0 aliphatic carbocycles. The average molecular weight is 580 g/mol. The maximum absolute atomic E-state index is 2.60. The zero-order chi connectivity index (χ0) is 31.4. The summed E-state index contributed by atoms with van der Waals surface area (Å²) >= 11 is 0. The Labute approximate surface area is 262 Å². The molecule has 7 rings (SSSR count). The van der Waals surface area contributed by atoms with E-state index in [-0.39, 0.29) is 0 Å². The second-order valence-electron chi connectivity index (χ2n) is 14.6. The van der Waals surface area contributed by atoms with Crippen molar-refractivity contribution < 1.29 is 4.57 Å². The monoisotopic (exact) mass is 579 g/mol. The fourth-order valence-electron chi connectivity index (χ4n) is 7.72. The molecular formula is C42H47N2+. The first-order valence-electron chi connectivity index (χ1n) is 16.6. The summed E-state index contributed by atoms with van der Waals surface area (Å²) in [7, 11) is 2.22. The highest BCUT2D eigenvalue weighted by Crippen LogP contribution is 2.45. The minimum absolute atomic E-state index is 0.428. The van der Waals surface area contributed by atoms with Crippen LogP contribution in [0.25, 0.3) is 60.1 Å². The quantitative estimate of drug-likeness (QED) is 0.109. The topological polar surface area (TPSA) is 8.29 Å². The van der Waals surface area contributed by atoms with Gasteiger partial charge in [-0.05, 0) is 118 Å². The predicted molar refractivity (Wildman–Crippen MR) is 191 cm³/mol. The third-order valence-electron chi connectivity index (χ3n) is 10.4. The first-order chi connectivity index (χ1) is 20.9. The Kier molecular flexibility index (Phi) is 6.59. The number of pyridine rings is 2. The molecule has 0 unspecified atom stereocenters. The van der Waals surface area contributed by atoms with E-state index in [1.807, 2.05) is 0 Å². The van der Waals surface area contributed by atoms with Crippen LogP contribution in [0.2, 0.25) is 0 Å². The van der Waals surface area contributed by atoms with Gasteiger partial charge in [-0.1, -0.05) is 73.6 Å². The van der Waals surface area contributed by atoms with Crippen LogP contribution in [0.5, 0.6) is 0 Å². The number of fused-ring (bicyclic) bond motifs is 5. The van der Waals surface area contributed by atoms with E-state index < -0.39 is 0 Å². The highest BCUT2D eigenvalue weighted by atomic mass is 15.0. The molecule has 0 atom stereocenters. The molecule has 0 fully saturated rings. The van der Waals surface area contributed by atoms with Crippen molar-refractivity contribution in [1.29, 1.82) is 0 Å². The normalized spacial score (nSPS) is 12.8. The van der Waals surface area contributed by atoms with Crippen LogP contribution in [0.15, 0.2) is 60.8 Å². The minimum Gasteiger partial charge on any atom is -0.307 e. The molecule has 4 aromatic carbocycles. The molecule has 2 nitrogen and oxygen atoms in total. The maximum atomic E-state index is 2.60. The van der Waals surface area contributed by atoms with E-state index >= 15 is 0 Å². The summed E-state index contributed by atoms with van der Waals surface area (Å²) in [5.74, 6) is 1.84. The van der Waals surface area contributed by atoms with E-state index in [1.54, 1.807) is 0 Å². The van der Waals surface area contributed by atoms with Crippen LogP contribution in [-0.4, -0.2) is 4.40 Å². The first kappa shape index (κ1) is 28.8. The smallest absolute Gasteiger partial charge is 0.224 e. The van der Waals surface area contributed by atoms with Crippen LogP contribution >= 0.6 is 0 Å². The van der Waals surface area contributed by atoms with Crippen molar-refractivity contribution in [1.82, 2.24) is 4.40 Å². The second kappa shape index (κ2) is 10.1. The molecule has 44 heavy (non-hydrogen) atoms. The summed E-state index contributed by atoms with van der Waals surface area (Å²) in [5.41, 5.74) is 16.5. The van der Waals surface area contributed by atoms with Gasteiger partial charge in [0.25, 0.3) is 0 Å². The highest BCUT2D eigenvalue weighted by Gasteiger charge is 2.27. The summed E-state index contributed by atoms with van der Waals surface area (Å²) in [5, 5.41) is 6.76. The van der Waals surface area contributed by atoms with Crippen molar-refractivity contribution in [2.45, 2.75) is 92.9 Å². The van der Waals surface area contributed by atoms with E-state index in [4.69, 9.17) is 0 Å². The van der Waals surface area contributed by atoms with Crippen LogP contribution in [0, 0.1) is 13.8 Å². The van der Waals surface area contributed by atoms with Crippen LogP contribution in [-0.2, 0) is 7.05 Å². The molecule has 0 bridgehead atoms. The summed E-state index contributed by atoms with van der Waals surface area (Å²) in [6.07, 6.45) is 2.27. The Hall–Kier alpha value is -3.91. The third-order valence-corrected chi connectivity index (χ3v) is 10.4. The van der Waals surface area contributed by atoms with E-state index in [0.717, 1.165) is 0 Å². The van der Waals surface area contributed by atoms with Gasteiger partial charge in [0.05, 0.1) is 27.3 Å². The maximum Gasteiger partial charge on any atom is 0.224 e. The van der Waals surface area contributed by atoms with Gasteiger partial charge in [0.2, 0.25) is 5.52 Å². The van der Waals surface area contributed by atoms with Crippen LogP contribution in [0.3, 0.4) is 0 Å². The van der Waals surface area contributed by atoms with Crippen molar-refractivity contribution in [2.24, 2.45) is 7.05 Å². The highest BCUT2D eigenvalue weighted by molar-refractivity contribution is 6.26. The SMILES string of the molecule is Cc1cc2c3cc(C(C)C)ccc3n3c4cc(-c5c(C(C)C)cc(C(C)C)cc5C(C)C)cc5cc[n+](C)c(c(c1C)c23)c54. The van der Waals surface area contributed by atoms with Crippen LogP contribution < -0.4 is 4.57 Å². The lowest BCUT2D eigenvalue weighted by atomic mass is 9.81. The van der Waals surface area contributed by atoms with Gasteiger partial charge in [-0.2, -0.15) is 0 Å². The molecule has 0 aliphatic heterocycles. The van der Waals surface area contributed by atoms with E-state index in [9.17, 15) is 0 Å². The number of rotatable bonds is 5. The number of benzene rings is 4. The summed E-state index contributed by atoms with van der Waals surface area (Å²) in [4.78, 5) is 0. The zero-order valence-electron chi connectivity index (χ0n) is 28.5. The average Bonchev–Trinajstić information content (AvgIpc) is 3.30. The fourth-order valence-corrected chi connectivity index (χ4v) is 7.72. The van der Waals surface area contributed by atoms with Crippen molar-refractivity contribution in [2.75, 3.05) is 0 Å². The molecule has 0 saturated carbocycles. The van der Waals surface area contributed by atoms with E-state index in [2.05, 4.69) is 146 Å². The fraction of sp³-hybridized carbons (Fsp3) is 0.357. The van der Waals surface area contributed by atoms with Crippen molar-refractivity contribution in [3.63, 3.8) is 0 Å². The van der Waals surface area contributed by atoms with Gasteiger partial charge in [0.15, 0.2) is 6.20 Å². The molecule has 0 radical (unpaired) electrons.